The Morgan fingerprint density at radius 3 is 2.22 bits per heavy atom. The third-order valence-electron chi connectivity index (χ3n) is 7.30. The molecule has 1 aliphatic heterocycles. The van der Waals surface area contributed by atoms with Crippen LogP contribution in [-0.4, -0.2) is 90.5 Å². The van der Waals surface area contributed by atoms with E-state index in [9.17, 15) is 22.8 Å². The van der Waals surface area contributed by atoms with E-state index in [1.165, 1.54) is 12.7 Å². The highest BCUT2D eigenvalue weighted by molar-refractivity contribution is 5.71. The molecule has 5 rings (SSSR count). The maximum absolute atomic E-state index is 11.8. The van der Waals surface area contributed by atoms with Crippen LogP contribution in [0.25, 0.3) is 0 Å². The number of H-pyrrole nitrogens is 1. The van der Waals surface area contributed by atoms with Gasteiger partial charge in [0.2, 0.25) is 11.4 Å². The van der Waals surface area contributed by atoms with Gasteiger partial charge in [0, 0.05) is 18.7 Å². The van der Waals surface area contributed by atoms with E-state index in [4.69, 9.17) is 34.9 Å². The second-order valence-corrected chi connectivity index (χ2v) is 11.5. The summed E-state index contributed by atoms with van der Waals surface area (Å²) in [6.45, 7) is 10.7. The lowest BCUT2D eigenvalue weighted by Crippen LogP contribution is -2.42. The molecule has 0 bridgehead atoms. The van der Waals surface area contributed by atoms with Gasteiger partial charge in [-0.2, -0.15) is 13.2 Å². The molecule has 2 aromatic carbocycles. The van der Waals surface area contributed by atoms with Crippen LogP contribution in [-0.2, 0) is 17.3 Å². The summed E-state index contributed by atoms with van der Waals surface area (Å²) >= 11 is 0. The molecule has 1 saturated heterocycles. The number of aromatic nitrogens is 3. The van der Waals surface area contributed by atoms with E-state index < -0.39 is 29.6 Å². The second kappa shape index (κ2) is 26.8. The van der Waals surface area contributed by atoms with Crippen LogP contribution in [0.5, 0.6) is 23.1 Å². The summed E-state index contributed by atoms with van der Waals surface area (Å²) in [4.78, 5) is 22.1. The number of hydrogen-bond donors (Lipinski definition) is 5. The Labute approximate surface area is 320 Å². The number of benzene rings is 2. The van der Waals surface area contributed by atoms with Crippen molar-refractivity contribution in [3.8, 4) is 23.1 Å². The van der Waals surface area contributed by atoms with Crippen molar-refractivity contribution in [3.63, 3.8) is 0 Å². The Kier molecular flexibility index (Phi) is 23.5. The number of nitrogens with two attached hydrogens (primary N) is 1. The van der Waals surface area contributed by atoms with E-state index in [0.717, 1.165) is 60.4 Å². The first-order chi connectivity index (χ1) is 26.3. The lowest BCUT2D eigenvalue weighted by atomic mass is 10.0. The Morgan fingerprint density at radius 2 is 1.73 bits per heavy atom. The van der Waals surface area contributed by atoms with Crippen LogP contribution in [0.2, 0.25) is 0 Å². The number of methoxy groups -OCH3 is 1. The van der Waals surface area contributed by atoms with Gasteiger partial charge in [0.1, 0.15) is 34.7 Å². The molecule has 3 atom stereocenters. The zero-order valence-electron chi connectivity index (χ0n) is 32.1. The zero-order chi connectivity index (χ0) is 41.2. The molecule has 0 aliphatic carbocycles. The fourth-order valence-electron chi connectivity index (χ4n) is 4.39. The maximum atomic E-state index is 11.8. The average molecular weight is 778 g/mol. The standard InChI is InChI=1S/C19H26N2O2.C6H4F3NO.C6H6N2O2.C6H12O3.C2H6/c1-15-14-16(10-11-20)4-9-19(15)23-18-7-5-17(6-8-18)22-13-3-12-21-2;7-6(8,9)4-2-1-3-5(11)10-4;1-10-6-3-2-5(4-9)7-8-6;1-4-6(8)5(7)2-3-9-4;1-2/h4-9,14,21H,3,10-13,20H2,1-2H3;1-3H,(H,10,11);2-4H,1H3;4-8H,2-3H2,1H3;1-2H3. The van der Waals surface area contributed by atoms with Gasteiger partial charge in [-0.15, -0.1) is 10.2 Å². The zero-order valence-corrected chi connectivity index (χ0v) is 32.1. The van der Waals surface area contributed by atoms with Crippen molar-refractivity contribution in [2.75, 3.05) is 40.5 Å². The largest absolute Gasteiger partial charge is 0.494 e. The molecular formula is C39H54F3N5O8. The third-order valence-corrected chi connectivity index (χ3v) is 7.30. The number of aliphatic hydroxyl groups excluding tert-OH is 2. The van der Waals surface area contributed by atoms with Gasteiger partial charge >= 0.3 is 6.18 Å². The van der Waals surface area contributed by atoms with Crippen molar-refractivity contribution in [1.82, 2.24) is 20.5 Å². The van der Waals surface area contributed by atoms with Crippen LogP contribution >= 0.6 is 0 Å². The molecule has 13 nitrogen and oxygen atoms in total. The monoisotopic (exact) mass is 777 g/mol. The normalized spacial score (nSPS) is 15.8. The number of carbonyl (C=O) groups is 1. The molecule has 3 heterocycles. The van der Waals surface area contributed by atoms with Crippen molar-refractivity contribution in [1.29, 1.82) is 0 Å². The first kappa shape index (κ1) is 48.1. The minimum absolute atomic E-state index is 0.214. The predicted octanol–water partition coefficient (Wildman–Crippen LogP) is 5.51. The number of alkyl halides is 3. The molecule has 0 spiro atoms. The molecule has 304 valence electrons. The van der Waals surface area contributed by atoms with Crippen molar-refractivity contribution >= 4 is 6.29 Å². The number of rotatable bonds is 11. The molecule has 4 aromatic rings. The van der Waals surface area contributed by atoms with Gasteiger partial charge in [-0.25, -0.2) is 0 Å². The summed E-state index contributed by atoms with van der Waals surface area (Å²) in [6.07, 6.45) is -2.91. The van der Waals surface area contributed by atoms with Gasteiger partial charge in [0.15, 0.2) is 6.29 Å². The number of aryl methyl sites for hydroxylation is 1. The van der Waals surface area contributed by atoms with Crippen molar-refractivity contribution in [2.45, 2.75) is 71.4 Å². The molecule has 0 radical (unpaired) electrons. The van der Waals surface area contributed by atoms with Crippen molar-refractivity contribution in [3.05, 3.63) is 106 Å². The minimum Gasteiger partial charge on any atom is -0.494 e. The van der Waals surface area contributed by atoms with Gasteiger partial charge in [-0.05, 0) is 107 Å². The molecule has 0 saturated carbocycles. The van der Waals surface area contributed by atoms with E-state index in [1.54, 1.807) is 24.0 Å². The SMILES string of the molecule is CC.CC1OCCC(O)C1O.CNCCCOc1ccc(Oc2ccc(CCN)cc2C)cc1.COc1ccc(C=O)nn1.O=c1cccc(C(F)(F)F)[nH]1. The molecule has 3 unspecified atom stereocenters. The van der Waals surface area contributed by atoms with Crippen LogP contribution in [0.15, 0.2) is 77.6 Å². The molecule has 2 aromatic heterocycles. The smallest absolute Gasteiger partial charge is 0.431 e. The minimum atomic E-state index is -4.47. The van der Waals surface area contributed by atoms with Crippen LogP contribution in [0.3, 0.4) is 0 Å². The number of aliphatic hydroxyl groups is 2. The molecule has 1 fully saturated rings. The summed E-state index contributed by atoms with van der Waals surface area (Å²) in [7, 11) is 3.43. The van der Waals surface area contributed by atoms with E-state index in [2.05, 4.69) is 34.6 Å². The number of aldehydes is 1. The lowest BCUT2D eigenvalue weighted by molar-refractivity contribution is -0.141. The predicted molar refractivity (Wildman–Crippen MR) is 204 cm³/mol. The highest BCUT2D eigenvalue weighted by Crippen LogP contribution is 2.28. The molecule has 6 N–H and O–H groups in total. The number of hydrogen-bond acceptors (Lipinski definition) is 12. The average Bonchev–Trinajstić information content (AvgIpc) is 3.18. The first-order valence-electron chi connectivity index (χ1n) is 17.7. The highest BCUT2D eigenvalue weighted by atomic mass is 19.4. The van der Waals surface area contributed by atoms with Gasteiger partial charge in [-0.1, -0.05) is 32.0 Å². The number of pyridine rings is 1. The summed E-state index contributed by atoms with van der Waals surface area (Å²) in [6, 6.07) is 19.9. The first-order valence-corrected chi connectivity index (χ1v) is 17.7. The van der Waals surface area contributed by atoms with Gasteiger partial charge < -0.3 is 45.2 Å². The van der Waals surface area contributed by atoms with Crippen LogP contribution in [0.1, 0.15) is 60.9 Å². The molecule has 1 aliphatic rings. The number of halogens is 3. The number of nitrogens with zero attached hydrogens (tertiary/aromatic N) is 2. The van der Waals surface area contributed by atoms with E-state index in [-0.39, 0.29) is 6.10 Å². The van der Waals surface area contributed by atoms with Gasteiger partial charge in [0.25, 0.3) is 0 Å². The fraction of sp³-hybridized carbons (Fsp3) is 0.436. The van der Waals surface area contributed by atoms with Crippen LogP contribution in [0.4, 0.5) is 13.2 Å². The molecule has 55 heavy (non-hydrogen) atoms. The fourth-order valence-corrected chi connectivity index (χ4v) is 4.39. The number of carbonyl (C=O) groups excluding carboxylic acids is 1. The third kappa shape index (κ3) is 19.3. The summed E-state index contributed by atoms with van der Waals surface area (Å²) in [5, 5.41) is 28.3. The van der Waals surface area contributed by atoms with Crippen molar-refractivity contribution in [2.24, 2.45) is 5.73 Å². The second-order valence-electron chi connectivity index (χ2n) is 11.5. The molecule has 0 amide bonds. The topological polar surface area (TPSA) is 191 Å². The summed E-state index contributed by atoms with van der Waals surface area (Å²) < 4.78 is 56.8. The Hall–Kier alpha value is -4.87. The number of ether oxygens (including phenoxy) is 4. The van der Waals surface area contributed by atoms with Crippen LogP contribution < -0.4 is 30.8 Å². The summed E-state index contributed by atoms with van der Waals surface area (Å²) in [5.41, 5.74) is 6.48. The van der Waals surface area contributed by atoms with Gasteiger partial charge in [-0.3, -0.25) is 9.59 Å². The molecule has 16 heteroatoms. The Morgan fingerprint density at radius 1 is 1.04 bits per heavy atom. The number of nitrogens with one attached hydrogen (secondary N) is 2. The Balaban J connectivity index is 0.000000395. The number of aromatic amines is 1. The van der Waals surface area contributed by atoms with Crippen molar-refractivity contribution < 1.29 is 47.1 Å². The van der Waals surface area contributed by atoms with Crippen LogP contribution in [0, 0.1) is 6.92 Å². The Bertz CT molecular complexity index is 1670. The maximum Gasteiger partial charge on any atom is 0.431 e. The molecular weight excluding hydrogens is 723 g/mol. The van der Waals surface area contributed by atoms with E-state index in [1.807, 2.05) is 51.2 Å². The summed E-state index contributed by atoms with van der Waals surface area (Å²) in [5.74, 6) is 2.95. The van der Waals surface area contributed by atoms with E-state index >= 15 is 0 Å². The van der Waals surface area contributed by atoms with Gasteiger partial charge in [0.05, 0.1) is 25.9 Å². The lowest BCUT2D eigenvalue weighted by Gasteiger charge is -2.29. The van der Waals surface area contributed by atoms with E-state index in [0.29, 0.717) is 44.0 Å². The quantitative estimate of drug-likeness (QED) is 0.0950. The highest BCUT2D eigenvalue weighted by Gasteiger charge is 2.31.